The van der Waals surface area contributed by atoms with E-state index in [9.17, 15) is 0 Å². The van der Waals surface area contributed by atoms with E-state index in [1.807, 2.05) is 11.3 Å². The summed E-state index contributed by atoms with van der Waals surface area (Å²) < 4.78 is 1.36. The number of aryl methyl sites for hydroxylation is 3. The summed E-state index contributed by atoms with van der Waals surface area (Å²) >= 11 is 1.83. The van der Waals surface area contributed by atoms with Gasteiger partial charge in [-0.25, -0.2) is 0 Å². The van der Waals surface area contributed by atoms with Gasteiger partial charge in [-0.2, -0.15) is 0 Å². The van der Waals surface area contributed by atoms with E-state index in [-0.39, 0.29) is 6.04 Å². The van der Waals surface area contributed by atoms with E-state index < -0.39 is 0 Å². The molecule has 1 nitrogen and oxygen atoms in total. The molecule has 0 aliphatic rings. The van der Waals surface area contributed by atoms with Crippen LogP contribution in [0.3, 0.4) is 0 Å². The molecule has 2 heteroatoms. The van der Waals surface area contributed by atoms with Crippen LogP contribution in [-0.4, -0.2) is 0 Å². The quantitative estimate of drug-likeness (QED) is 0.774. The molecule has 1 heterocycles. The molecule has 2 aromatic rings. The van der Waals surface area contributed by atoms with Crippen LogP contribution in [0.5, 0.6) is 0 Å². The Hall–Kier alpha value is -0.860. The molecule has 0 saturated carbocycles. The molecule has 0 saturated heterocycles. The van der Waals surface area contributed by atoms with Gasteiger partial charge in [0.05, 0.1) is 0 Å². The lowest BCUT2D eigenvalue weighted by atomic mass is 10.0. The lowest BCUT2D eigenvalue weighted by Gasteiger charge is -2.02. The number of nitrogens with two attached hydrogens (primary N) is 1. The Labute approximate surface area is 94.9 Å². The van der Waals surface area contributed by atoms with Gasteiger partial charge in [-0.1, -0.05) is 6.07 Å². The minimum atomic E-state index is 0.142. The zero-order valence-electron chi connectivity index (χ0n) is 9.72. The van der Waals surface area contributed by atoms with Crippen LogP contribution in [0.2, 0.25) is 0 Å². The Morgan fingerprint density at radius 2 is 1.73 bits per heavy atom. The summed E-state index contributed by atoms with van der Waals surface area (Å²) in [4.78, 5) is 1.31. The highest BCUT2D eigenvalue weighted by atomic mass is 32.1. The van der Waals surface area contributed by atoms with Crippen LogP contribution in [-0.2, 0) is 0 Å². The summed E-state index contributed by atoms with van der Waals surface area (Å²) in [6.45, 7) is 8.55. The fraction of sp³-hybridized carbons (Fsp3) is 0.385. The van der Waals surface area contributed by atoms with Crippen LogP contribution < -0.4 is 5.73 Å². The van der Waals surface area contributed by atoms with Crippen molar-refractivity contribution in [2.24, 2.45) is 5.73 Å². The molecule has 1 aromatic heterocycles. The maximum absolute atomic E-state index is 5.96. The first-order valence-corrected chi connectivity index (χ1v) is 6.08. The highest BCUT2D eigenvalue weighted by Crippen LogP contribution is 2.35. The molecule has 0 aliphatic heterocycles. The van der Waals surface area contributed by atoms with Gasteiger partial charge in [-0.05, 0) is 55.8 Å². The molecule has 1 unspecified atom stereocenters. The van der Waals surface area contributed by atoms with Gasteiger partial charge >= 0.3 is 0 Å². The fourth-order valence-corrected chi connectivity index (χ4v) is 3.17. The van der Waals surface area contributed by atoms with Gasteiger partial charge in [0.2, 0.25) is 0 Å². The summed E-state index contributed by atoms with van der Waals surface area (Å²) in [6, 6.07) is 4.69. The minimum absolute atomic E-state index is 0.142. The first-order valence-electron chi connectivity index (χ1n) is 5.26. The van der Waals surface area contributed by atoms with Crippen molar-refractivity contribution in [3.63, 3.8) is 0 Å². The second-order valence-electron chi connectivity index (χ2n) is 4.31. The summed E-state index contributed by atoms with van der Waals surface area (Å²) in [5.74, 6) is 0. The van der Waals surface area contributed by atoms with E-state index >= 15 is 0 Å². The van der Waals surface area contributed by atoms with Crippen molar-refractivity contribution in [1.29, 1.82) is 0 Å². The lowest BCUT2D eigenvalue weighted by Crippen LogP contribution is -2.03. The highest BCUT2D eigenvalue weighted by Gasteiger charge is 2.12. The average Bonchev–Trinajstić information content (AvgIpc) is 2.46. The first kappa shape index (κ1) is 10.7. The van der Waals surface area contributed by atoms with E-state index in [1.54, 1.807) is 0 Å². The third kappa shape index (κ3) is 1.68. The zero-order chi connectivity index (χ0) is 11.2. The summed E-state index contributed by atoms with van der Waals surface area (Å²) in [5, 5.41) is 1.37. The Morgan fingerprint density at radius 1 is 1.13 bits per heavy atom. The number of hydrogen-bond donors (Lipinski definition) is 1. The number of thiophene rings is 1. The number of fused-ring (bicyclic) bond motifs is 1. The van der Waals surface area contributed by atoms with Gasteiger partial charge in [0.15, 0.2) is 0 Å². The topological polar surface area (TPSA) is 26.0 Å². The van der Waals surface area contributed by atoms with Crippen LogP contribution in [0, 0.1) is 20.8 Å². The first-order chi connectivity index (χ1) is 7.00. The lowest BCUT2D eigenvalue weighted by molar-refractivity contribution is 0.832. The monoisotopic (exact) mass is 219 g/mol. The number of benzene rings is 1. The predicted octanol–water partition coefficient (Wildman–Crippen LogP) is 3.85. The molecule has 0 bridgehead atoms. The van der Waals surface area contributed by atoms with Gasteiger partial charge in [0, 0.05) is 15.6 Å². The molecule has 1 atom stereocenters. The van der Waals surface area contributed by atoms with Crippen LogP contribution in [0.15, 0.2) is 12.1 Å². The fourth-order valence-electron chi connectivity index (χ4n) is 1.93. The molecule has 80 valence electrons. The van der Waals surface area contributed by atoms with Crippen molar-refractivity contribution >= 4 is 21.4 Å². The van der Waals surface area contributed by atoms with Gasteiger partial charge in [-0.3, -0.25) is 0 Å². The van der Waals surface area contributed by atoms with Crippen molar-refractivity contribution in [3.05, 3.63) is 33.7 Å². The third-order valence-corrected chi connectivity index (χ3v) is 4.46. The molecule has 2 rings (SSSR count). The van der Waals surface area contributed by atoms with Crippen molar-refractivity contribution in [1.82, 2.24) is 0 Å². The maximum Gasteiger partial charge on any atom is 0.0364 e. The van der Waals surface area contributed by atoms with Gasteiger partial charge in [-0.15, -0.1) is 11.3 Å². The van der Waals surface area contributed by atoms with Crippen LogP contribution >= 0.6 is 11.3 Å². The molecule has 1 aromatic carbocycles. The Bertz CT molecular complexity index is 509. The molecule has 0 amide bonds. The van der Waals surface area contributed by atoms with E-state index in [4.69, 9.17) is 5.73 Å². The molecule has 2 N–H and O–H groups in total. The second-order valence-corrected chi connectivity index (χ2v) is 5.40. The van der Waals surface area contributed by atoms with Gasteiger partial charge in [0.1, 0.15) is 0 Å². The van der Waals surface area contributed by atoms with E-state index in [0.29, 0.717) is 0 Å². The van der Waals surface area contributed by atoms with Crippen molar-refractivity contribution in [3.8, 4) is 0 Å². The molecular weight excluding hydrogens is 202 g/mol. The predicted molar refractivity (Wildman–Crippen MR) is 68.6 cm³/mol. The zero-order valence-corrected chi connectivity index (χ0v) is 10.5. The number of rotatable bonds is 1. The summed E-state index contributed by atoms with van der Waals surface area (Å²) in [6.07, 6.45) is 0. The third-order valence-electron chi connectivity index (χ3n) is 3.00. The smallest absolute Gasteiger partial charge is 0.0364 e. The average molecular weight is 219 g/mol. The van der Waals surface area contributed by atoms with E-state index in [1.165, 1.54) is 31.7 Å². The van der Waals surface area contributed by atoms with Crippen molar-refractivity contribution < 1.29 is 0 Å². The largest absolute Gasteiger partial charge is 0.323 e. The summed E-state index contributed by atoms with van der Waals surface area (Å²) in [5.41, 5.74) is 10.0. The van der Waals surface area contributed by atoms with E-state index in [0.717, 1.165) is 0 Å². The number of hydrogen-bond acceptors (Lipinski definition) is 2. The van der Waals surface area contributed by atoms with Crippen molar-refractivity contribution in [2.45, 2.75) is 33.7 Å². The Kier molecular flexibility index (Phi) is 2.57. The summed E-state index contributed by atoms with van der Waals surface area (Å²) in [7, 11) is 0. The van der Waals surface area contributed by atoms with Crippen LogP contribution in [0.1, 0.15) is 34.5 Å². The molecule has 0 aliphatic carbocycles. The highest BCUT2D eigenvalue weighted by molar-refractivity contribution is 7.19. The van der Waals surface area contributed by atoms with Crippen molar-refractivity contribution in [2.75, 3.05) is 0 Å². The van der Waals surface area contributed by atoms with Gasteiger partial charge in [0.25, 0.3) is 0 Å². The van der Waals surface area contributed by atoms with E-state index in [2.05, 4.69) is 39.8 Å². The Balaban J connectivity index is 2.77. The SMILES string of the molecule is Cc1cc2sc(C(C)N)c(C)c2cc1C. The molecular formula is C13H17NS. The molecule has 0 fully saturated rings. The maximum atomic E-state index is 5.96. The molecule has 0 radical (unpaired) electrons. The van der Waals surface area contributed by atoms with Crippen LogP contribution in [0.25, 0.3) is 10.1 Å². The standard InChI is InChI=1S/C13H17NS/c1-7-5-11-9(3)13(10(4)14)15-12(11)6-8(7)2/h5-6,10H,14H2,1-4H3. The molecule has 0 spiro atoms. The second kappa shape index (κ2) is 3.62. The Morgan fingerprint density at radius 3 is 2.33 bits per heavy atom. The normalized spacial score (nSPS) is 13.4. The molecule has 15 heavy (non-hydrogen) atoms. The van der Waals surface area contributed by atoms with Crippen LogP contribution in [0.4, 0.5) is 0 Å². The van der Waals surface area contributed by atoms with Gasteiger partial charge < -0.3 is 5.73 Å². The minimum Gasteiger partial charge on any atom is -0.323 e.